The molecule has 0 saturated carbocycles. The molecule has 0 amide bonds. The summed E-state index contributed by atoms with van der Waals surface area (Å²) in [5.41, 5.74) is 7.58. The zero-order valence-electron chi connectivity index (χ0n) is 16.2. The second kappa shape index (κ2) is 8.50. The highest BCUT2D eigenvalue weighted by molar-refractivity contribution is 9.10. The summed E-state index contributed by atoms with van der Waals surface area (Å²) in [5, 5.41) is 40.8. The molecule has 31 heavy (non-hydrogen) atoms. The van der Waals surface area contributed by atoms with Crippen molar-refractivity contribution >= 4 is 21.5 Å². The Morgan fingerprint density at radius 2 is 1.81 bits per heavy atom. The van der Waals surface area contributed by atoms with Crippen molar-refractivity contribution in [3.8, 4) is 28.7 Å². The van der Waals surface area contributed by atoms with E-state index in [1.54, 1.807) is 30.3 Å². The Morgan fingerprint density at radius 3 is 2.52 bits per heavy atom. The van der Waals surface area contributed by atoms with Gasteiger partial charge in [-0.1, -0.05) is 12.1 Å². The molecule has 0 radical (unpaired) electrons. The second-order valence-corrected chi connectivity index (χ2v) is 7.84. The van der Waals surface area contributed by atoms with Crippen LogP contribution in [0.5, 0.6) is 28.7 Å². The number of hydrogen-bond donors (Lipinski definition) is 5. The Morgan fingerprint density at radius 1 is 1.03 bits per heavy atom. The Balaban J connectivity index is 1.95. The molecule has 1 aliphatic rings. The lowest BCUT2D eigenvalue weighted by Crippen LogP contribution is -2.20. The summed E-state index contributed by atoms with van der Waals surface area (Å²) in [6.07, 6.45) is -0.976. The second-order valence-electron chi connectivity index (χ2n) is 6.98. The molecule has 8 heteroatoms. The minimum Gasteiger partial charge on any atom is -0.508 e. The summed E-state index contributed by atoms with van der Waals surface area (Å²) >= 11 is 3.32. The fourth-order valence-electron chi connectivity index (χ4n) is 3.46. The van der Waals surface area contributed by atoms with Crippen molar-refractivity contribution < 1.29 is 29.9 Å². The molecule has 0 spiro atoms. The molecule has 0 aromatic heterocycles. The van der Waals surface area contributed by atoms with E-state index in [1.165, 1.54) is 24.3 Å². The molecule has 3 aromatic carbocycles. The van der Waals surface area contributed by atoms with Crippen LogP contribution < -0.4 is 15.2 Å². The largest absolute Gasteiger partial charge is 0.508 e. The van der Waals surface area contributed by atoms with Gasteiger partial charge in [-0.15, -0.1) is 0 Å². The average Bonchev–Trinajstić information content (AvgIpc) is 2.75. The number of fused-ring (bicyclic) bond motifs is 1. The minimum atomic E-state index is -0.976. The Kier molecular flexibility index (Phi) is 5.77. The fourth-order valence-corrected chi connectivity index (χ4v) is 3.84. The number of phenolic OH excluding ortho intramolecular Hbond substituents is 3. The maximum atomic E-state index is 10.7. The van der Waals surface area contributed by atoms with Gasteiger partial charge in [0.25, 0.3) is 0 Å². The smallest absolute Gasteiger partial charge is 0.150 e. The molecule has 1 unspecified atom stereocenters. The van der Waals surface area contributed by atoms with Crippen LogP contribution in [0.25, 0.3) is 5.57 Å². The average molecular weight is 486 g/mol. The first-order valence-corrected chi connectivity index (χ1v) is 10.2. The van der Waals surface area contributed by atoms with E-state index >= 15 is 0 Å². The maximum absolute atomic E-state index is 10.7. The summed E-state index contributed by atoms with van der Waals surface area (Å²) < 4.78 is 12.4. The van der Waals surface area contributed by atoms with Crippen LogP contribution in [0.15, 0.2) is 64.8 Å². The van der Waals surface area contributed by atoms with Crippen LogP contribution in [0.4, 0.5) is 0 Å². The number of benzene rings is 3. The first-order valence-electron chi connectivity index (χ1n) is 9.45. The van der Waals surface area contributed by atoms with Gasteiger partial charge >= 0.3 is 0 Å². The fraction of sp³-hybridized carbons (Fsp3) is 0.130. The highest BCUT2D eigenvalue weighted by Crippen LogP contribution is 2.47. The van der Waals surface area contributed by atoms with Crippen molar-refractivity contribution in [3.05, 3.63) is 81.5 Å². The first-order chi connectivity index (χ1) is 14.9. The molecule has 1 atom stereocenters. The molecule has 1 heterocycles. The summed E-state index contributed by atoms with van der Waals surface area (Å²) in [6.45, 7) is -0.0126. The number of aliphatic hydroxyl groups is 1. The van der Waals surface area contributed by atoms with Gasteiger partial charge in [-0.3, -0.25) is 0 Å². The summed E-state index contributed by atoms with van der Waals surface area (Å²) in [6, 6.07) is 14.2. The molecular weight excluding hydrogens is 466 g/mol. The van der Waals surface area contributed by atoms with Crippen molar-refractivity contribution in [2.75, 3.05) is 13.2 Å². The third kappa shape index (κ3) is 4.05. The first kappa shape index (κ1) is 21.0. The Hall–Kier alpha value is -3.20. The quantitative estimate of drug-likeness (QED) is 0.372. The highest BCUT2D eigenvalue weighted by atomic mass is 79.9. The zero-order valence-corrected chi connectivity index (χ0v) is 17.8. The number of aromatic hydroxyl groups is 3. The van der Waals surface area contributed by atoms with Crippen LogP contribution in [0, 0.1) is 0 Å². The van der Waals surface area contributed by atoms with E-state index in [-0.39, 0.29) is 30.4 Å². The van der Waals surface area contributed by atoms with Crippen LogP contribution in [0.2, 0.25) is 0 Å². The van der Waals surface area contributed by atoms with Crippen LogP contribution in [0.1, 0.15) is 22.8 Å². The lowest BCUT2D eigenvalue weighted by atomic mass is 9.90. The van der Waals surface area contributed by atoms with Gasteiger partial charge in [0.05, 0.1) is 16.1 Å². The number of hydrogen-bond acceptors (Lipinski definition) is 7. The van der Waals surface area contributed by atoms with Crippen LogP contribution in [-0.4, -0.2) is 33.6 Å². The van der Waals surface area contributed by atoms with E-state index in [1.807, 2.05) is 0 Å². The topological polar surface area (TPSA) is 125 Å². The van der Waals surface area contributed by atoms with Gasteiger partial charge in [-0.2, -0.15) is 0 Å². The monoisotopic (exact) mass is 485 g/mol. The van der Waals surface area contributed by atoms with E-state index < -0.39 is 6.10 Å². The minimum absolute atomic E-state index is 0.00420. The predicted molar refractivity (Wildman–Crippen MR) is 118 cm³/mol. The van der Waals surface area contributed by atoms with Gasteiger partial charge < -0.3 is 35.6 Å². The third-order valence-corrected chi connectivity index (χ3v) is 5.56. The van der Waals surface area contributed by atoms with E-state index in [9.17, 15) is 20.4 Å². The molecule has 7 nitrogen and oxygen atoms in total. The molecule has 3 aromatic rings. The predicted octanol–water partition coefficient (Wildman–Crippen LogP) is 3.79. The molecular formula is C23H20BrNO6. The Labute approximate surface area is 186 Å². The van der Waals surface area contributed by atoms with Gasteiger partial charge in [0.2, 0.25) is 0 Å². The third-order valence-electron chi connectivity index (χ3n) is 4.92. The molecule has 0 saturated heterocycles. The van der Waals surface area contributed by atoms with E-state index in [4.69, 9.17) is 15.2 Å². The summed E-state index contributed by atoms with van der Waals surface area (Å²) in [7, 11) is 0. The number of nitrogens with two attached hydrogens (primary N) is 1. The van der Waals surface area contributed by atoms with Crippen molar-refractivity contribution in [3.63, 3.8) is 0 Å². The lowest BCUT2D eigenvalue weighted by Gasteiger charge is -2.28. The Bertz CT molecular complexity index is 1180. The van der Waals surface area contributed by atoms with Crippen molar-refractivity contribution in [2.45, 2.75) is 6.10 Å². The van der Waals surface area contributed by atoms with Crippen LogP contribution in [-0.2, 0) is 0 Å². The number of aliphatic hydroxyl groups excluding tert-OH is 1. The maximum Gasteiger partial charge on any atom is 0.150 e. The molecule has 6 N–H and O–H groups in total. The standard InChI is InChI=1S/C23H20BrNO6/c24-16-8-12(4-6-17(16)27)21-20(31-14-3-1-2-13(26)9-14)11-30-23-15(19(29)10-25)5-7-18(28)22(21)23/h1-9,19,26-29H,10-11,25H2. The summed E-state index contributed by atoms with van der Waals surface area (Å²) in [4.78, 5) is 0. The number of ether oxygens (including phenoxy) is 2. The van der Waals surface area contributed by atoms with Gasteiger partial charge in [0, 0.05) is 23.7 Å². The van der Waals surface area contributed by atoms with Crippen LogP contribution >= 0.6 is 15.9 Å². The number of halogens is 1. The molecule has 160 valence electrons. The SMILES string of the molecule is NCC(O)c1ccc(O)c2c1OCC(Oc1cccc(O)c1)=C2c1ccc(O)c(Br)c1. The van der Waals surface area contributed by atoms with E-state index in [0.29, 0.717) is 44.0 Å². The number of rotatable bonds is 5. The molecule has 1 aliphatic heterocycles. The highest BCUT2D eigenvalue weighted by Gasteiger charge is 2.30. The molecule has 0 fully saturated rings. The van der Waals surface area contributed by atoms with Crippen LogP contribution in [0.3, 0.4) is 0 Å². The van der Waals surface area contributed by atoms with E-state index in [0.717, 1.165) is 0 Å². The van der Waals surface area contributed by atoms with Crippen molar-refractivity contribution in [1.29, 1.82) is 0 Å². The van der Waals surface area contributed by atoms with Crippen molar-refractivity contribution in [2.24, 2.45) is 5.73 Å². The number of phenols is 3. The summed E-state index contributed by atoms with van der Waals surface area (Å²) in [5.74, 6) is 1.10. The van der Waals surface area contributed by atoms with Gasteiger partial charge in [0.15, 0.2) is 5.76 Å². The van der Waals surface area contributed by atoms with Gasteiger partial charge in [-0.05, 0) is 57.9 Å². The molecule has 4 rings (SSSR count). The zero-order chi connectivity index (χ0) is 22.1. The lowest BCUT2D eigenvalue weighted by molar-refractivity contribution is 0.178. The van der Waals surface area contributed by atoms with E-state index in [2.05, 4.69) is 15.9 Å². The van der Waals surface area contributed by atoms with Gasteiger partial charge in [0.1, 0.15) is 35.4 Å². The van der Waals surface area contributed by atoms with Crippen molar-refractivity contribution in [1.82, 2.24) is 0 Å². The van der Waals surface area contributed by atoms with Gasteiger partial charge in [-0.25, -0.2) is 0 Å². The molecule has 0 aliphatic carbocycles. The molecule has 0 bridgehead atoms. The normalized spacial score (nSPS) is 14.0.